The maximum absolute atomic E-state index is 13.0. The van der Waals surface area contributed by atoms with Gasteiger partial charge >= 0.3 is 0 Å². The molecule has 0 bridgehead atoms. The Hall–Kier alpha value is -3.00. The van der Waals surface area contributed by atoms with E-state index in [1.807, 2.05) is 54.6 Å². The molecule has 3 aromatic rings. The second-order valence-electron chi connectivity index (χ2n) is 7.41. The van der Waals surface area contributed by atoms with Crippen LogP contribution in [-0.4, -0.2) is 35.3 Å². The quantitative estimate of drug-likeness (QED) is 0.624. The summed E-state index contributed by atoms with van der Waals surface area (Å²) in [4.78, 5) is 13.7. The van der Waals surface area contributed by atoms with Gasteiger partial charge in [0.15, 0.2) is 23.1 Å². The third-order valence-corrected chi connectivity index (χ3v) is 6.63. The zero-order chi connectivity index (χ0) is 20.1. The topological polar surface area (TPSA) is 62.8 Å². The average molecular weight is 417 g/mol. The minimum Gasteiger partial charge on any atom is -0.486 e. The van der Waals surface area contributed by atoms with Crippen molar-refractivity contribution in [3.63, 3.8) is 0 Å². The second kappa shape index (κ2) is 7.05. The van der Waals surface area contributed by atoms with Crippen molar-refractivity contribution in [2.24, 2.45) is 0 Å². The molecule has 30 heavy (non-hydrogen) atoms. The average Bonchev–Trinajstić information content (AvgIpc) is 3.33. The molecule has 3 aromatic carbocycles. The van der Waals surface area contributed by atoms with Gasteiger partial charge in [-0.15, -0.1) is 0 Å². The van der Waals surface area contributed by atoms with Crippen molar-refractivity contribution >= 4 is 34.5 Å². The highest BCUT2D eigenvalue weighted by Gasteiger charge is 2.46. The number of rotatable bonds is 2. The van der Waals surface area contributed by atoms with Crippen molar-refractivity contribution in [3.05, 3.63) is 77.2 Å². The lowest BCUT2D eigenvalue weighted by Gasteiger charge is -2.30. The highest BCUT2D eigenvalue weighted by Crippen LogP contribution is 2.38. The first-order chi connectivity index (χ1) is 14.8. The minimum absolute atomic E-state index is 0.0370. The highest BCUT2D eigenvalue weighted by atomic mass is 32.2. The number of amides is 1. The molecule has 0 spiro atoms. The van der Waals surface area contributed by atoms with Crippen LogP contribution < -0.4 is 20.2 Å². The van der Waals surface area contributed by atoms with Crippen LogP contribution in [0.3, 0.4) is 0 Å². The number of nitrogens with one attached hydrogen (secondary N) is 2. The van der Waals surface area contributed by atoms with E-state index in [9.17, 15) is 4.79 Å². The van der Waals surface area contributed by atoms with E-state index in [0.717, 1.165) is 27.8 Å². The van der Waals surface area contributed by atoms with Gasteiger partial charge in [0.2, 0.25) is 0 Å². The summed E-state index contributed by atoms with van der Waals surface area (Å²) in [5.41, 5.74) is 4.13. The van der Waals surface area contributed by atoms with Crippen molar-refractivity contribution in [2.45, 2.75) is 17.8 Å². The van der Waals surface area contributed by atoms with Gasteiger partial charge in [-0.25, -0.2) is 10.4 Å². The third kappa shape index (κ3) is 2.94. The smallest absolute Gasteiger partial charge is 0.276 e. The Labute approximate surface area is 177 Å². The number of para-hydroxylation sites is 2. The number of fused-ring (bicyclic) bond motifs is 3. The molecule has 0 aliphatic carbocycles. The standard InChI is InChI=1S/C23H19N3O3S/c27-22-20(12-15-8-5-7-14-6-1-2-9-16(14)15)30-23-24-21(25-26(22)23)19-13-28-17-10-3-4-11-18(17)29-19/h1-12,19,21,23-25H,13H2/b20-12+. The Kier molecular flexibility index (Phi) is 4.19. The maximum Gasteiger partial charge on any atom is 0.276 e. The summed E-state index contributed by atoms with van der Waals surface area (Å²) in [5, 5.41) is 7.40. The molecule has 3 atom stereocenters. The molecule has 2 fully saturated rings. The van der Waals surface area contributed by atoms with Crippen molar-refractivity contribution < 1.29 is 14.3 Å². The first kappa shape index (κ1) is 17.8. The number of hydrogen-bond donors (Lipinski definition) is 2. The summed E-state index contributed by atoms with van der Waals surface area (Å²) in [6, 6.07) is 22.0. The van der Waals surface area contributed by atoms with Gasteiger partial charge in [0.1, 0.15) is 12.8 Å². The van der Waals surface area contributed by atoms with Gasteiger partial charge < -0.3 is 9.47 Å². The predicted octanol–water partition coefficient (Wildman–Crippen LogP) is 3.31. The van der Waals surface area contributed by atoms with E-state index in [1.165, 1.54) is 11.8 Å². The molecule has 7 heteroatoms. The fourth-order valence-electron chi connectivity index (χ4n) is 4.03. The number of thioether (sulfide) groups is 1. The predicted molar refractivity (Wildman–Crippen MR) is 117 cm³/mol. The summed E-state index contributed by atoms with van der Waals surface area (Å²) in [6.07, 6.45) is 1.53. The first-order valence-electron chi connectivity index (χ1n) is 9.87. The van der Waals surface area contributed by atoms with E-state index in [4.69, 9.17) is 9.47 Å². The number of carbonyl (C=O) groups excluding carboxylic acids is 1. The lowest BCUT2D eigenvalue weighted by molar-refractivity contribution is -0.128. The minimum atomic E-state index is -0.232. The Morgan fingerprint density at radius 1 is 1.00 bits per heavy atom. The normalized spacial score (nSPS) is 26.4. The summed E-state index contributed by atoms with van der Waals surface area (Å²) < 4.78 is 11.9. The van der Waals surface area contributed by atoms with Crippen LogP contribution in [0, 0.1) is 0 Å². The van der Waals surface area contributed by atoms with Crippen molar-refractivity contribution in [1.29, 1.82) is 0 Å². The van der Waals surface area contributed by atoms with Crippen LogP contribution in [0.15, 0.2) is 71.6 Å². The summed E-state index contributed by atoms with van der Waals surface area (Å²) in [7, 11) is 0. The van der Waals surface area contributed by atoms with Gasteiger partial charge in [0.05, 0.1) is 4.91 Å². The molecule has 1 amide bonds. The SMILES string of the molecule is O=C1/C(=C\c2cccc3ccccc23)SC2NC(C3COc4ccccc4O3)NN12. The van der Waals surface area contributed by atoms with Crippen LogP contribution in [0.4, 0.5) is 0 Å². The number of carbonyl (C=O) groups is 1. The number of hydrazine groups is 1. The molecule has 3 aliphatic rings. The van der Waals surface area contributed by atoms with Crippen LogP contribution in [-0.2, 0) is 4.79 Å². The third-order valence-electron chi connectivity index (χ3n) is 5.52. The Morgan fingerprint density at radius 3 is 2.70 bits per heavy atom. The number of hydrogen-bond acceptors (Lipinski definition) is 6. The van der Waals surface area contributed by atoms with Crippen LogP contribution in [0.25, 0.3) is 16.8 Å². The van der Waals surface area contributed by atoms with E-state index in [0.29, 0.717) is 11.5 Å². The molecule has 0 radical (unpaired) electrons. The van der Waals surface area contributed by atoms with Crippen molar-refractivity contribution in [1.82, 2.24) is 15.8 Å². The van der Waals surface area contributed by atoms with Crippen molar-refractivity contribution in [3.8, 4) is 11.5 Å². The van der Waals surface area contributed by atoms with Gasteiger partial charge in [-0.3, -0.25) is 10.1 Å². The summed E-state index contributed by atoms with van der Waals surface area (Å²) >= 11 is 1.51. The lowest BCUT2D eigenvalue weighted by atomic mass is 10.0. The zero-order valence-corrected chi connectivity index (χ0v) is 16.8. The number of benzene rings is 3. The molecule has 3 aliphatic heterocycles. The largest absolute Gasteiger partial charge is 0.486 e. The molecular weight excluding hydrogens is 398 g/mol. The zero-order valence-electron chi connectivity index (χ0n) is 15.9. The van der Waals surface area contributed by atoms with Gasteiger partial charge in [0, 0.05) is 0 Å². The van der Waals surface area contributed by atoms with E-state index in [2.05, 4.69) is 28.9 Å². The number of ether oxygens (including phenoxy) is 2. The van der Waals surface area contributed by atoms with Gasteiger partial charge in [0.25, 0.3) is 5.91 Å². The molecule has 2 saturated heterocycles. The molecule has 150 valence electrons. The highest BCUT2D eigenvalue weighted by molar-refractivity contribution is 8.05. The van der Waals surface area contributed by atoms with Gasteiger partial charge in [-0.1, -0.05) is 66.4 Å². The Bertz CT molecular complexity index is 1180. The van der Waals surface area contributed by atoms with Crippen LogP contribution in [0.2, 0.25) is 0 Å². The van der Waals surface area contributed by atoms with Crippen LogP contribution >= 0.6 is 11.8 Å². The van der Waals surface area contributed by atoms with Crippen LogP contribution in [0.5, 0.6) is 11.5 Å². The fraction of sp³-hybridized carbons (Fsp3) is 0.174. The Morgan fingerprint density at radius 2 is 1.80 bits per heavy atom. The molecule has 6 nitrogen and oxygen atoms in total. The maximum atomic E-state index is 13.0. The molecule has 2 N–H and O–H groups in total. The summed E-state index contributed by atoms with van der Waals surface area (Å²) in [6.45, 7) is 0.416. The van der Waals surface area contributed by atoms with Gasteiger partial charge in [-0.2, -0.15) is 0 Å². The van der Waals surface area contributed by atoms with E-state index < -0.39 is 0 Å². The van der Waals surface area contributed by atoms with Gasteiger partial charge in [-0.05, 0) is 34.5 Å². The Balaban J connectivity index is 1.20. The van der Waals surface area contributed by atoms with Crippen LogP contribution in [0.1, 0.15) is 5.56 Å². The van der Waals surface area contributed by atoms with E-state index >= 15 is 0 Å². The lowest BCUT2D eigenvalue weighted by Crippen LogP contribution is -2.52. The monoisotopic (exact) mass is 417 g/mol. The first-order valence-corrected chi connectivity index (χ1v) is 10.7. The number of nitrogens with zero attached hydrogens (tertiary/aromatic N) is 1. The van der Waals surface area contributed by atoms with E-state index in [-0.39, 0.29) is 23.7 Å². The van der Waals surface area contributed by atoms with E-state index in [1.54, 1.807) is 5.01 Å². The fourth-order valence-corrected chi connectivity index (χ4v) is 5.14. The molecule has 0 saturated carbocycles. The molecule has 0 aromatic heterocycles. The summed E-state index contributed by atoms with van der Waals surface area (Å²) in [5.74, 6) is 1.43. The second-order valence-corrected chi connectivity index (χ2v) is 8.53. The van der Waals surface area contributed by atoms with Crippen molar-refractivity contribution in [2.75, 3.05) is 6.61 Å². The molecule has 6 rings (SSSR count). The molecule has 3 heterocycles. The molecular formula is C23H19N3O3S. The molecule has 3 unspecified atom stereocenters.